The molecule has 3 nitrogen and oxygen atoms in total. The molecule has 2 rings (SSSR count). The Morgan fingerprint density at radius 2 is 1.94 bits per heavy atom. The number of carboxylic acids is 1. The first-order valence-corrected chi connectivity index (χ1v) is 6.18. The highest BCUT2D eigenvalue weighted by Crippen LogP contribution is 2.27. The summed E-state index contributed by atoms with van der Waals surface area (Å²) in [5, 5.41) is 8.86. The zero-order valence-corrected chi connectivity index (χ0v) is 10.4. The van der Waals surface area contributed by atoms with E-state index in [4.69, 9.17) is 5.11 Å². The topological polar surface area (TPSA) is 40.5 Å². The van der Waals surface area contributed by atoms with Gasteiger partial charge in [0.2, 0.25) is 0 Å². The Morgan fingerprint density at radius 1 is 1.29 bits per heavy atom. The van der Waals surface area contributed by atoms with Gasteiger partial charge >= 0.3 is 5.97 Å². The monoisotopic (exact) mass is 233 g/mol. The van der Waals surface area contributed by atoms with Crippen molar-refractivity contribution in [1.82, 2.24) is 0 Å². The molecular formula is C14H19NO2. The maximum Gasteiger partial charge on any atom is 0.335 e. The van der Waals surface area contributed by atoms with E-state index >= 15 is 0 Å². The normalized spacial score (nSPS) is 24.7. The molecule has 2 unspecified atom stereocenters. The van der Waals surface area contributed by atoms with Crippen molar-refractivity contribution >= 4 is 11.7 Å². The molecule has 1 N–H and O–H groups in total. The van der Waals surface area contributed by atoms with Crippen molar-refractivity contribution in [3.8, 4) is 0 Å². The molecule has 1 aliphatic rings. The Balaban J connectivity index is 2.14. The van der Waals surface area contributed by atoms with Crippen LogP contribution in [0.2, 0.25) is 0 Å². The molecule has 0 bridgehead atoms. The average Bonchev–Trinajstić information content (AvgIpc) is 2.29. The van der Waals surface area contributed by atoms with Crippen molar-refractivity contribution < 1.29 is 9.90 Å². The van der Waals surface area contributed by atoms with Crippen molar-refractivity contribution in [3.05, 3.63) is 29.8 Å². The highest BCUT2D eigenvalue weighted by Gasteiger charge is 2.22. The first-order valence-electron chi connectivity index (χ1n) is 6.18. The van der Waals surface area contributed by atoms with Gasteiger partial charge in [-0.3, -0.25) is 0 Å². The molecular weight excluding hydrogens is 214 g/mol. The summed E-state index contributed by atoms with van der Waals surface area (Å²) in [6.45, 7) is 5.59. The lowest BCUT2D eigenvalue weighted by Gasteiger charge is -2.38. The van der Waals surface area contributed by atoms with Crippen molar-refractivity contribution in [2.75, 3.05) is 11.4 Å². The second-order valence-electron chi connectivity index (χ2n) is 5.02. The van der Waals surface area contributed by atoms with E-state index in [0.29, 0.717) is 11.6 Å². The maximum atomic E-state index is 10.8. The summed E-state index contributed by atoms with van der Waals surface area (Å²) in [5.41, 5.74) is 1.49. The number of benzene rings is 1. The molecule has 92 valence electrons. The van der Waals surface area contributed by atoms with Crippen LogP contribution in [0.5, 0.6) is 0 Å². The lowest BCUT2D eigenvalue weighted by atomic mass is 9.93. The van der Waals surface area contributed by atoms with E-state index in [1.165, 1.54) is 12.8 Å². The number of hydrogen-bond donors (Lipinski definition) is 1. The van der Waals surface area contributed by atoms with E-state index in [-0.39, 0.29) is 0 Å². The van der Waals surface area contributed by atoms with E-state index in [0.717, 1.165) is 18.2 Å². The van der Waals surface area contributed by atoms with Gasteiger partial charge in [0.1, 0.15) is 0 Å². The van der Waals surface area contributed by atoms with Gasteiger partial charge in [-0.05, 0) is 49.9 Å². The smallest absolute Gasteiger partial charge is 0.335 e. The number of carbonyl (C=O) groups is 1. The van der Waals surface area contributed by atoms with Gasteiger partial charge in [-0.2, -0.15) is 0 Å². The minimum Gasteiger partial charge on any atom is -0.478 e. The van der Waals surface area contributed by atoms with Gasteiger partial charge in [0, 0.05) is 18.3 Å². The molecule has 3 heteroatoms. The summed E-state index contributed by atoms with van der Waals surface area (Å²) in [6.07, 6.45) is 2.42. The van der Waals surface area contributed by atoms with Crippen LogP contribution in [0.15, 0.2) is 24.3 Å². The third kappa shape index (κ3) is 2.60. The molecule has 0 radical (unpaired) electrons. The summed E-state index contributed by atoms with van der Waals surface area (Å²) >= 11 is 0. The highest BCUT2D eigenvalue weighted by molar-refractivity contribution is 5.88. The van der Waals surface area contributed by atoms with Crippen LogP contribution >= 0.6 is 0 Å². The fraction of sp³-hybridized carbons (Fsp3) is 0.500. The molecule has 17 heavy (non-hydrogen) atoms. The Kier molecular flexibility index (Phi) is 3.36. The number of nitrogens with zero attached hydrogens (tertiary/aromatic N) is 1. The van der Waals surface area contributed by atoms with Gasteiger partial charge in [0.15, 0.2) is 0 Å². The first kappa shape index (κ1) is 12.0. The van der Waals surface area contributed by atoms with Crippen molar-refractivity contribution in [3.63, 3.8) is 0 Å². The number of hydrogen-bond acceptors (Lipinski definition) is 2. The molecule has 2 atom stereocenters. The predicted molar refractivity (Wildman–Crippen MR) is 68.6 cm³/mol. The van der Waals surface area contributed by atoms with E-state index in [2.05, 4.69) is 18.7 Å². The van der Waals surface area contributed by atoms with Crippen LogP contribution < -0.4 is 4.90 Å². The number of anilines is 1. The number of rotatable bonds is 2. The lowest BCUT2D eigenvalue weighted by molar-refractivity contribution is 0.0697. The molecule has 0 aromatic heterocycles. The number of aromatic carboxylic acids is 1. The molecule has 0 saturated carbocycles. The van der Waals surface area contributed by atoms with Gasteiger partial charge in [0.25, 0.3) is 0 Å². The molecule has 1 aliphatic heterocycles. The average molecular weight is 233 g/mol. The van der Waals surface area contributed by atoms with E-state index in [1.54, 1.807) is 12.1 Å². The van der Waals surface area contributed by atoms with Gasteiger partial charge < -0.3 is 10.0 Å². The van der Waals surface area contributed by atoms with Crippen molar-refractivity contribution in [2.24, 2.45) is 5.92 Å². The van der Waals surface area contributed by atoms with Crippen LogP contribution in [0.3, 0.4) is 0 Å². The fourth-order valence-electron chi connectivity index (χ4n) is 2.59. The van der Waals surface area contributed by atoms with Gasteiger partial charge in [-0.15, -0.1) is 0 Å². The molecule has 1 fully saturated rings. The summed E-state index contributed by atoms with van der Waals surface area (Å²) in [5.74, 6) is -0.0728. The largest absolute Gasteiger partial charge is 0.478 e. The van der Waals surface area contributed by atoms with E-state index in [1.807, 2.05) is 12.1 Å². The first-order chi connectivity index (χ1) is 8.08. The van der Waals surface area contributed by atoms with Crippen LogP contribution in [0.25, 0.3) is 0 Å². The van der Waals surface area contributed by atoms with Gasteiger partial charge in [-0.25, -0.2) is 4.79 Å². The summed E-state index contributed by atoms with van der Waals surface area (Å²) in [7, 11) is 0. The quantitative estimate of drug-likeness (QED) is 0.853. The predicted octanol–water partition coefficient (Wildman–Crippen LogP) is 3.01. The van der Waals surface area contributed by atoms with E-state index in [9.17, 15) is 4.79 Å². The Hall–Kier alpha value is -1.51. The Labute approximate surface area is 102 Å². The minimum atomic E-state index is -0.864. The minimum absolute atomic E-state index is 0.354. The summed E-state index contributed by atoms with van der Waals surface area (Å²) in [6, 6.07) is 7.73. The van der Waals surface area contributed by atoms with Gasteiger partial charge in [-0.1, -0.05) is 6.92 Å². The zero-order chi connectivity index (χ0) is 12.4. The van der Waals surface area contributed by atoms with Crippen LogP contribution in [0, 0.1) is 5.92 Å². The maximum absolute atomic E-state index is 10.8. The molecule has 1 saturated heterocycles. The van der Waals surface area contributed by atoms with Crippen molar-refractivity contribution in [2.45, 2.75) is 32.7 Å². The molecule has 0 spiro atoms. The highest BCUT2D eigenvalue weighted by atomic mass is 16.4. The second kappa shape index (κ2) is 4.78. The molecule has 0 aliphatic carbocycles. The standard InChI is InChI=1S/C14H19NO2/c1-10-7-8-15(11(2)9-10)13-5-3-12(4-6-13)14(16)17/h3-6,10-11H,7-9H2,1-2H3,(H,16,17). The van der Waals surface area contributed by atoms with Crippen molar-refractivity contribution in [1.29, 1.82) is 0 Å². The molecule has 1 aromatic carbocycles. The number of piperidine rings is 1. The second-order valence-corrected chi connectivity index (χ2v) is 5.02. The lowest BCUT2D eigenvalue weighted by Crippen LogP contribution is -2.40. The number of carboxylic acid groups (broad SMARTS) is 1. The van der Waals surface area contributed by atoms with Crippen LogP contribution in [0.1, 0.15) is 37.0 Å². The Morgan fingerprint density at radius 3 is 2.47 bits per heavy atom. The zero-order valence-electron chi connectivity index (χ0n) is 10.4. The van der Waals surface area contributed by atoms with E-state index < -0.39 is 5.97 Å². The van der Waals surface area contributed by atoms with Gasteiger partial charge in [0.05, 0.1) is 5.56 Å². The third-order valence-corrected chi connectivity index (χ3v) is 3.58. The molecule has 1 aromatic rings. The Bertz CT molecular complexity index is 399. The van der Waals surface area contributed by atoms with Crippen LogP contribution in [-0.2, 0) is 0 Å². The SMILES string of the molecule is CC1CCN(c2ccc(C(=O)O)cc2)C(C)C1. The third-order valence-electron chi connectivity index (χ3n) is 3.58. The molecule has 0 amide bonds. The summed E-state index contributed by atoms with van der Waals surface area (Å²) in [4.78, 5) is 13.1. The van der Waals surface area contributed by atoms with Crippen LogP contribution in [-0.4, -0.2) is 23.7 Å². The van der Waals surface area contributed by atoms with Crippen LogP contribution in [0.4, 0.5) is 5.69 Å². The molecule has 1 heterocycles. The summed E-state index contributed by atoms with van der Waals surface area (Å²) < 4.78 is 0. The fourth-order valence-corrected chi connectivity index (χ4v) is 2.59.